The molecule has 2 aromatic heterocycles. The summed E-state index contributed by atoms with van der Waals surface area (Å²) in [6.07, 6.45) is 2.88. The average molecular weight is 395 g/mol. The fourth-order valence-electron chi connectivity index (χ4n) is 3.58. The van der Waals surface area contributed by atoms with Crippen molar-refractivity contribution in [2.24, 2.45) is 0 Å². The Labute approximate surface area is 162 Å². The van der Waals surface area contributed by atoms with Crippen LogP contribution >= 0.6 is 11.3 Å². The van der Waals surface area contributed by atoms with E-state index >= 15 is 0 Å². The first-order valence-electron chi connectivity index (χ1n) is 8.74. The van der Waals surface area contributed by atoms with Gasteiger partial charge in [-0.1, -0.05) is 17.4 Å². The lowest BCUT2D eigenvalue weighted by atomic mass is 10.0. The van der Waals surface area contributed by atoms with Crippen LogP contribution < -0.4 is 5.32 Å². The van der Waals surface area contributed by atoms with E-state index in [1.165, 1.54) is 17.4 Å². The number of thiazole rings is 1. The van der Waals surface area contributed by atoms with Crippen molar-refractivity contribution >= 4 is 38.4 Å². The van der Waals surface area contributed by atoms with E-state index in [-0.39, 0.29) is 23.3 Å². The number of aromatic nitrogens is 2. The summed E-state index contributed by atoms with van der Waals surface area (Å²) in [5, 5.41) is 12.0. The largest absolute Gasteiger partial charge is 0.478 e. The first kappa shape index (κ1) is 16.9. The maximum Gasteiger partial charge on any atom is 0.335 e. The molecule has 4 aromatic rings. The van der Waals surface area contributed by atoms with Crippen molar-refractivity contribution in [3.8, 4) is 11.3 Å². The topological polar surface area (TPSA) is 83.7 Å². The molecule has 0 unspecified atom stereocenters. The van der Waals surface area contributed by atoms with Crippen molar-refractivity contribution < 1.29 is 19.1 Å². The first-order chi connectivity index (χ1) is 13.5. The lowest BCUT2D eigenvalue weighted by Crippen LogP contribution is -2.18. The number of benzene rings is 2. The molecule has 0 saturated carbocycles. The predicted molar refractivity (Wildman–Crippen MR) is 103 cm³/mol. The minimum atomic E-state index is -0.978. The van der Waals surface area contributed by atoms with Gasteiger partial charge in [0.05, 0.1) is 27.5 Å². The standard InChI is InChI=1S/C20H14FN3O3S/c21-13-7-10(14-4-6-18(25)22-14)1-3-12(13)15-9-24-16-5-2-11(19(26)27)8-17(16)28-20(24)23-15/h1-3,5,7-9,14H,4,6H2,(H,22,25)(H,26,27)/t14-/m0/s1. The molecule has 5 rings (SSSR count). The Hall–Kier alpha value is -3.26. The lowest BCUT2D eigenvalue weighted by Gasteiger charge is -2.11. The van der Waals surface area contributed by atoms with Gasteiger partial charge in [-0.3, -0.25) is 9.20 Å². The van der Waals surface area contributed by atoms with Crippen LogP contribution in [0.15, 0.2) is 42.6 Å². The van der Waals surface area contributed by atoms with Gasteiger partial charge in [0.15, 0.2) is 4.96 Å². The van der Waals surface area contributed by atoms with Gasteiger partial charge in [0.2, 0.25) is 5.91 Å². The van der Waals surface area contributed by atoms with Crippen LogP contribution in [-0.2, 0) is 4.79 Å². The highest BCUT2D eigenvalue weighted by Gasteiger charge is 2.23. The van der Waals surface area contributed by atoms with E-state index in [0.717, 1.165) is 15.8 Å². The summed E-state index contributed by atoms with van der Waals surface area (Å²) in [6, 6.07) is 9.70. The molecule has 1 saturated heterocycles. The molecular weight excluding hydrogens is 381 g/mol. The van der Waals surface area contributed by atoms with Crippen LogP contribution in [0.1, 0.15) is 34.8 Å². The number of rotatable bonds is 3. The number of carboxylic acid groups (broad SMARTS) is 1. The molecule has 1 atom stereocenters. The third-order valence-corrected chi connectivity index (χ3v) is 6.03. The zero-order chi connectivity index (χ0) is 19.4. The summed E-state index contributed by atoms with van der Waals surface area (Å²) in [6.45, 7) is 0. The number of carboxylic acids is 1. The van der Waals surface area contributed by atoms with E-state index in [9.17, 15) is 14.0 Å². The number of aromatic carboxylic acids is 1. The third-order valence-electron chi connectivity index (χ3n) is 5.01. The van der Waals surface area contributed by atoms with Gasteiger partial charge >= 0.3 is 5.97 Å². The highest BCUT2D eigenvalue weighted by atomic mass is 32.1. The molecule has 2 aromatic carbocycles. The van der Waals surface area contributed by atoms with Crippen LogP contribution in [0.2, 0.25) is 0 Å². The molecule has 1 aliphatic heterocycles. The predicted octanol–water partition coefficient (Wildman–Crippen LogP) is 4.00. The van der Waals surface area contributed by atoms with E-state index in [1.807, 2.05) is 10.5 Å². The smallest absolute Gasteiger partial charge is 0.335 e. The van der Waals surface area contributed by atoms with E-state index in [0.29, 0.717) is 29.1 Å². The van der Waals surface area contributed by atoms with Crippen LogP contribution in [-0.4, -0.2) is 26.4 Å². The quantitative estimate of drug-likeness (QED) is 0.549. The molecule has 8 heteroatoms. The molecule has 3 heterocycles. The Bertz CT molecular complexity index is 1280. The van der Waals surface area contributed by atoms with Crippen molar-refractivity contribution in [3.63, 3.8) is 0 Å². The molecule has 1 fully saturated rings. The summed E-state index contributed by atoms with van der Waals surface area (Å²) < 4.78 is 17.4. The summed E-state index contributed by atoms with van der Waals surface area (Å²) in [4.78, 5) is 27.7. The number of nitrogens with one attached hydrogen (secondary N) is 1. The maximum atomic E-state index is 14.8. The van der Waals surface area contributed by atoms with Crippen LogP contribution in [0, 0.1) is 5.82 Å². The Morgan fingerprint density at radius 1 is 1.29 bits per heavy atom. The van der Waals surface area contributed by atoms with E-state index in [2.05, 4.69) is 10.3 Å². The van der Waals surface area contributed by atoms with Crippen molar-refractivity contribution in [2.75, 3.05) is 0 Å². The number of halogens is 1. The summed E-state index contributed by atoms with van der Waals surface area (Å²) in [5.74, 6) is -1.38. The van der Waals surface area contributed by atoms with Crippen molar-refractivity contribution in [3.05, 3.63) is 59.5 Å². The maximum absolute atomic E-state index is 14.8. The fraction of sp³-hybridized carbons (Fsp3) is 0.150. The summed E-state index contributed by atoms with van der Waals surface area (Å²) in [5.41, 5.74) is 2.70. The fourth-order valence-corrected chi connectivity index (χ4v) is 4.63. The number of carbonyl (C=O) groups excluding carboxylic acids is 1. The second-order valence-corrected chi connectivity index (χ2v) is 7.78. The molecule has 140 valence electrons. The van der Waals surface area contributed by atoms with Crippen molar-refractivity contribution in [2.45, 2.75) is 18.9 Å². The molecule has 0 aliphatic carbocycles. The highest BCUT2D eigenvalue weighted by molar-refractivity contribution is 7.23. The zero-order valence-corrected chi connectivity index (χ0v) is 15.3. The first-order valence-corrected chi connectivity index (χ1v) is 9.55. The number of amides is 1. The Kier molecular flexibility index (Phi) is 3.70. The number of imidazole rings is 1. The van der Waals surface area contributed by atoms with Gasteiger partial charge in [-0.15, -0.1) is 0 Å². The van der Waals surface area contributed by atoms with Crippen molar-refractivity contribution in [1.82, 2.24) is 14.7 Å². The van der Waals surface area contributed by atoms with Crippen LogP contribution in [0.25, 0.3) is 26.4 Å². The second kappa shape index (κ2) is 6.13. The monoisotopic (exact) mass is 395 g/mol. The summed E-state index contributed by atoms with van der Waals surface area (Å²) in [7, 11) is 0. The Morgan fingerprint density at radius 2 is 2.14 bits per heavy atom. The Balaban J connectivity index is 1.54. The molecule has 1 amide bonds. The van der Waals surface area contributed by atoms with Gasteiger partial charge in [-0.05, 0) is 42.3 Å². The van der Waals surface area contributed by atoms with Gasteiger partial charge in [0.25, 0.3) is 0 Å². The van der Waals surface area contributed by atoms with Gasteiger partial charge in [-0.2, -0.15) is 0 Å². The molecule has 6 nitrogen and oxygen atoms in total. The van der Waals surface area contributed by atoms with Gasteiger partial charge < -0.3 is 10.4 Å². The van der Waals surface area contributed by atoms with Gasteiger partial charge in [0.1, 0.15) is 5.82 Å². The Morgan fingerprint density at radius 3 is 2.86 bits per heavy atom. The zero-order valence-electron chi connectivity index (χ0n) is 14.5. The molecule has 0 radical (unpaired) electrons. The van der Waals surface area contributed by atoms with Crippen LogP contribution in [0.4, 0.5) is 4.39 Å². The molecule has 28 heavy (non-hydrogen) atoms. The number of carbonyl (C=O) groups is 2. The van der Waals surface area contributed by atoms with Crippen LogP contribution in [0.5, 0.6) is 0 Å². The molecule has 0 bridgehead atoms. The van der Waals surface area contributed by atoms with Crippen LogP contribution in [0.3, 0.4) is 0 Å². The average Bonchev–Trinajstić information content (AvgIpc) is 3.35. The van der Waals surface area contributed by atoms with E-state index in [1.54, 1.807) is 30.5 Å². The molecular formula is C20H14FN3O3S. The lowest BCUT2D eigenvalue weighted by molar-refractivity contribution is -0.119. The highest BCUT2D eigenvalue weighted by Crippen LogP contribution is 2.32. The molecule has 1 aliphatic rings. The number of hydrogen-bond acceptors (Lipinski definition) is 4. The number of nitrogens with zero attached hydrogens (tertiary/aromatic N) is 2. The number of hydrogen-bond donors (Lipinski definition) is 2. The minimum Gasteiger partial charge on any atom is -0.478 e. The number of fused-ring (bicyclic) bond motifs is 3. The summed E-state index contributed by atoms with van der Waals surface area (Å²) >= 11 is 1.36. The molecule has 2 N–H and O–H groups in total. The van der Waals surface area contributed by atoms with E-state index < -0.39 is 5.97 Å². The van der Waals surface area contributed by atoms with Gasteiger partial charge in [-0.25, -0.2) is 14.2 Å². The molecule has 0 spiro atoms. The second-order valence-electron chi connectivity index (χ2n) is 6.77. The minimum absolute atomic E-state index is 0.0123. The third kappa shape index (κ3) is 2.65. The SMILES string of the molecule is O=C1CC[C@@H](c2ccc(-c3cn4c(n3)sc3cc(C(=O)O)ccc34)c(F)c2)N1. The van der Waals surface area contributed by atoms with E-state index in [4.69, 9.17) is 5.11 Å². The normalized spacial score (nSPS) is 16.8. The van der Waals surface area contributed by atoms with Gasteiger partial charge in [0, 0.05) is 18.2 Å². The van der Waals surface area contributed by atoms with Crippen molar-refractivity contribution in [1.29, 1.82) is 0 Å².